The lowest BCUT2D eigenvalue weighted by molar-refractivity contribution is 0.102. The van der Waals surface area contributed by atoms with Crippen molar-refractivity contribution in [2.45, 2.75) is 0 Å². The van der Waals surface area contributed by atoms with Crippen molar-refractivity contribution in [3.8, 4) is 11.6 Å². The Hall–Kier alpha value is -4.39. The van der Waals surface area contributed by atoms with Crippen LogP contribution in [0.5, 0.6) is 11.6 Å². The molecule has 0 saturated carbocycles. The van der Waals surface area contributed by atoms with Gasteiger partial charge in [-0.2, -0.15) is 0 Å². The summed E-state index contributed by atoms with van der Waals surface area (Å²) in [4.78, 5) is 28.7. The van der Waals surface area contributed by atoms with E-state index in [-0.39, 0.29) is 17.2 Å². The van der Waals surface area contributed by atoms with Gasteiger partial charge in [0, 0.05) is 22.8 Å². The molecular formula is C25H16F2N2O3. The Bertz CT molecular complexity index is 1260. The minimum Gasteiger partial charge on any atom is -0.439 e. The molecular weight excluding hydrogens is 414 g/mol. The quantitative estimate of drug-likeness (QED) is 0.402. The number of anilines is 1. The van der Waals surface area contributed by atoms with E-state index in [1.807, 2.05) is 6.07 Å². The zero-order valence-corrected chi connectivity index (χ0v) is 16.6. The molecule has 0 spiro atoms. The summed E-state index contributed by atoms with van der Waals surface area (Å²) in [7, 11) is 0. The Morgan fingerprint density at radius 2 is 1.44 bits per heavy atom. The van der Waals surface area contributed by atoms with Crippen LogP contribution in [-0.4, -0.2) is 16.7 Å². The fraction of sp³-hybridized carbons (Fsp3) is 0. The van der Waals surface area contributed by atoms with Crippen LogP contribution < -0.4 is 10.1 Å². The van der Waals surface area contributed by atoms with E-state index in [9.17, 15) is 18.4 Å². The van der Waals surface area contributed by atoms with Gasteiger partial charge in [0.1, 0.15) is 5.75 Å². The van der Waals surface area contributed by atoms with E-state index in [1.54, 1.807) is 60.7 Å². The van der Waals surface area contributed by atoms with Crippen molar-refractivity contribution >= 4 is 17.4 Å². The molecule has 5 nitrogen and oxygen atoms in total. The van der Waals surface area contributed by atoms with Gasteiger partial charge in [-0.15, -0.1) is 0 Å². The summed E-state index contributed by atoms with van der Waals surface area (Å²) in [5, 5.41) is 2.55. The fourth-order valence-electron chi connectivity index (χ4n) is 2.91. The smallest absolute Gasteiger partial charge is 0.255 e. The number of carbonyl (C=O) groups is 2. The number of hydrogen-bond donors (Lipinski definition) is 1. The van der Waals surface area contributed by atoms with E-state index in [1.165, 1.54) is 12.3 Å². The van der Waals surface area contributed by atoms with E-state index in [0.717, 1.165) is 12.1 Å². The molecule has 0 aliphatic rings. The van der Waals surface area contributed by atoms with Gasteiger partial charge >= 0.3 is 0 Å². The Balaban J connectivity index is 1.38. The lowest BCUT2D eigenvalue weighted by Crippen LogP contribution is -2.12. The largest absolute Gasteiger partial charge is 0.439 e. The van der Waals surface area contributed by atoms with Gasteiger partial charge in [0.2, 0.25) is 5.88 Å². The highest BCUT2D eigenvalue weighted by molar-refractivity contribution is 6.09. The maximum absolute atomic E-state index is 13.3. The average Bonchev–Trinajstić information content (AvgIpc) is 2.82. The summed E-state index contributed by atoms with van der Waals surface area (Å²) >= 11 is 0. The first kappa shape index (κ1) is 20.9. The Labute approximate surface area is 182 Å². The van der Waals surface area contributed by atoms with Crippen LogP contribution in [0.1, 0.15) is 26.3 Å². The van der Waals surface area contributed by atoms with Crippen LogP contribution in [0.3, 0.4) is 0 Å². The number of rotatable bonds is 6. The zero-order chi connectivity index (χ0) is 22.5. The molecule has 0 aliphatic heterocycles. The van der Waals surface area contributed by atoms with Crippen LogP contribution in [0.2, 0.25) is 0 Å². The van der Waals surface area contributed by atoms with Crippen molar-refractivity contribution in [3.63, 3.8) is 0 Å². The Morgan fingerprint density at radius 1 is 0.750 bits per heavy atom. The zero-order valence-electron chi connectivity index (χ0n) is 16.6. The van der Waals surface area contributed by atoms with E-state index in [0.29, 0.717) is 22.6 Å². The van der Waals surface area contributed by atoms with Crippen molar-refractivity contribution < 1.29 is 23.1 Å². The van der Waals surface area contributed by atoms with Crippen LogP contribution in [0.4, 0.5) is 14.5 Å². The van der Waals surface area contributed by atoms with Gasteiger partial charge in [-0.1, -0.05) is 30.3 Å². The van der Waals surface area contributed by atoms with Gasteiger partial charge in [-0.25, -0.2) is 13.8 Å². The highest BCUT2D eigenvalue weighted by Gasteiger charge is 2.11. The summed E-state index contributed by atoms with van der Waals surface area (Å²) in [6, 6.07) is 21.6. The summed E-state index contributed by atoms with van der Waals surface area (Å²) < 4.78 is 32.0. The second-order valence-corrected chi connectivity index (χ2v) is 6.79. The molecule has 0 aliphatic carbocycles. The molecule has 158 valence electrons. The normalized spacial score (nSPS) is 10.4. The monoisotopic (exact) mass is 430 g/mol. The number of halogens is 2. The number of nitrogens with zero attached hydrogens (tertiary/aromatic N) is 1. The summed E-state index contributed by atoms with van der Waals surface area (Å²) in [5.74, 6) is -2.05. The molecule has 1 amide bonds. The molecule has 7 heteroatoms. The number of ketones is 1. The topological polar surface area (TPSA) is 68.3 Å². The van der Waals surface area contributed by atoms with Gasteiger partial charge in [0.05, 0.1) is 11.9 Å². The van der Waals surface area contributed by atoms with Gasteiger partial charge in [0.25, 0.3) is 5.91 Å². The maximum Gasteiger partial charge on any atom is 0.255 e. The molecule has 0 saturated heterocycles. The third-order valence-electron chi connectivity index (χ3n) is 4.55. The minimum absolute atomic E-state index is 0.0191. The molecule has 0 fully saturated rings. The molecule has 32 heavy (non-hydrogen) atoms. The van der Waals surface area contributed by atoms with Crippen molar-refractivity contribution in [1.82, 2.24) is 4.98 Å². The number of pyridine rings is 1. The average molecular weight is 430 g/mol. The standard InChI is InChI=1S/C25H16F2N2O3/c26-21-12-8-18(14-22(21)27)25(31)29-19-9-13-23(28-15-19)32-20-10-6-17(7-11-20)24(30)16-4-2-1-3-5-16/h1-15H,(H,29,31). The van der Waals surface area contributed by atoms with Crippen molar-refractivity contribution in [3.05, 3.63) is 119 Å². The SMILES string of the molecule is O=C(Nc1ccc(Oc2ccc(C(=O)c3ccccc3)cc2)nc1)c1ccc(F)c(F)c1. The van der Waals surface area contributed by atoms with Crippen LogP contribution in [0, 0.1) is 11.6 Å². The van der Waals surface area contributed by atoms with Crippen molar-refractivity contribution in [2.24, 2.45) is 0 Å². The van der Waals surface area contributed by atoms with E-state index < -0.39 is 17.5 Å². The van der Waals surface area contributed by atoms with Gasteiger partial charge in [-0.3, -0.25) is 9.59 Å². The predicted octanol–water partition coefficient (Wildman–Crippen LogP) is 5.64. The molecule has 0 atom stereocenters. The third kappa shape index (κ3) is 4.84. The summed E-state index contributed by atoms with van der Waals surface area (Å²) in [6.45, 7) is 0. The third-order valence-corrected chi connectivity index (χ3v) is 4.55. The number of hydrogen-bond acceptors (Lipinski definition) is 4. The molecule has 0 bridgehead atoms. The number of amides is 1. The van der Waals surface area contributed by atoms with Gasteiger partial charge in [0.15, 0.2) is 17.4 Å². The molecule has 4 rings (SSSR count). The lowest BCUT2D eigenvalue weighted by Gasteiger charge is -2.08. The summed E-state index contributed by atoms with van der Waals surface area (Å²) in [5.41, 5.74) is 1.47. The summed E-state index contributed by atoms with van der Waals surface area (Å²) in [6.07, 6.45) is 1.38. The van der Waals surface area contributed by atoms with E-state index in [4.69, 9.17) is 4.74 Å². The number of nitrogens with one attached hydrogen (secondary N) is 1. The second-order valence-electron chi connectivity index (χ2n) is 6.79. The minimum atomic E-state index is -1.10. The van der Waals surface area contributed by atoms with E-state index in [2.05, 4.69) is 10.3 Å². The highest BCUT2D eigenvalue weighted by atomic mass is 19.2. The number of ether oxygens (including phenoxy) is 1. The fourth-order valence-corrected chi connectivity index (χ4v) is 2.91. The number of benzene rings is 3. The number of aromatic nitrogens is 1. The van der Waals surface area contributed by atoms with Crippen LogP contribution in [-0.2, 0) is 0 Å². The second kappa shape index (κ2) is 9.18. The molecule has 0 radical (unpaired) electrons. The molecule has 1 aromatic heterocycles. The van der Waals surface area contributed by atoms with Crippen LogP contribution in [0.25, 0.3) is 0 Å². The van der Waals surface area contributed by atoms with Crippen molar-refractivity contribution in [1.29, 1.82) is 0 Å². The van der Waals surface area contributed by atoms with E-state index >= 15 is 0 Å². The Kier molecular flexibility index (Phi) is 5.98. The van der Waals surface area contributed by atoms with Gasteiger partial charge < -0.3 is 10.1 Å². The number of carbonyl (C=O) groups excluding carboxylic acids is 2. The molecule has 0 unspecified atom stereocenters. The first-order valence-electron chi connectivity index (χ1n) is 9.60. The van der Waals surface area contributed by atoms with Crippen molar-refractivity contribution in [2.75, 3.05) is 5.32 Å². The molecule has 4 aromatic rings. The molecule has 1 heterocycles. The first-order valence-corrected chi connectivity index (χ1v) is 9.60. The van der Waals surface area contributed by atoms with Gasteiger partial charge in [-0.05, 0) is 48.5 Å². The molecule has 3 aromatic carbocycles. The molecule has 1 N–H and O–H groups in total. The van der Waals surface area contributed by atoms with Crippen LogP contribution >= 0.6 is 0 Å². The predicted molar refractivity (Wildman–Crippen MR) is 115 cm³/mol. The lowest BCUT2D eigenvalue weighted by atomic mass is 10.0. The first-order chi connectivity index (χ1) is 15.5. The van der Waals surface area contributed by atoms with Crippen LogP contribution in [0.15, 0.2) is 91.1 Å². The maximum atomic E-state index is 13.3. The Morgan fingerprint density at radius 3 is 2.09 bits per heavy atom. The highest BCUT2D eigenvalue weighted by Crippen LogP contribution is 2.22.